The number of para-hydroxylation sites is 1. The van der Waals surface area contributed by atoms with E-state index in [-0.39, 0.29) is 0 Å². The quantitative estimate of drug-likeness (QED) is 0.669. The van der Waals surface area contributed by atoms with Gasteiger partial charge in [-0.15, -0.1) is 0 Å². The van der Waals surface area contributed by atoms with Crippen molar-refractivity contribution in [1.82, 2.24) is 0 Å². The van der Waals surface area contributed by atoms with Gasteiger partial charge in [0.2, 0.25) is 0 Å². The SMILES string of the molecule is Cc1cccc(C)c1OCCOc1ccc(Cl)cc1N. The van der Waals surface area contributed by atoms with Crippen LogP contribution < -0.4 is 15.2 Å². The fourth-order valence-electron chi connectivity index (χ4n) is 1.97. The Morgan fingerprint density at radius 1 is 1.00 bits per heavy atom. The molecule has 0 unspecified atom stereocenters. The van der Waals surface area contributed by atoms with Crippen molar-refractivity contribution in [2.45, 2.75) is 13.8 Å². The van der Waals surface area contributed by atoms with Gasteiger partial charge in [0.1, 0.15) is 24.7 Å². The van der Waals surface area contributed by atoms with Crippen LogP contribution in [0.15, 0.2) is 36.4 Å². The van der Waals surface area contributed by atoms with Crippen LogP contribution in [0.2, 0.25) is 5.02 Å². The maximum absolute atomic E-state index is 5.83. The van der Waals surface area contributed by atoms with Crippen molar-refractivity contribution < 1.29 is 9.47 Å². The van der Waals surface area contributed by atoms with Crippen LogP contribution in [0.25, 0.3) is 0 Å². The molecule has 0 spiro atoms. The molecule has 3 nitrogen and oxygen atoms in total. The number of anilines is 1. The van der Waals surface area contributed by atoms with Gasteiger partial charge in [0.25, 0.3) is 0 Å². The van der Waals surface area contributed by atoms with Gasteiger partial charge in [-0.05, 0) is 43.2 Å². The van der Waals surface area contributed by atoms with Gasteiger partial charge in [-0.2, -0.15) is 0 Å². The summed E-state index contributed by atoms with van der Waals surface area (Å²) in [5.41, 5.74) is 8.59. The third kappa shape index (κ3) is 3.58. The third-order valence-electron chi connectivity index (χ3n) is 2.97. The standard InChI is InChI=1S/C16H18ClNO2/c1-11-4-3-5-12(2)16(11)20-9-8-19-15-7-6-13(17)10-14(15)18/h3-7,10H,8-9,18H2,1-2H3. The zero-order valence-corrected chi connectivity index (χ0v) is 12.4. The Morgan fingerprint density at radius 3 is 2.30 bits per heavy atom. The highest BCUT2D eigenvalue weighted by atomic mass is 35.5. The topological polar surface area (TPSA) is 44.5 Å². The Morgan fingerprint density at radius 2 is 1.65 bits per heavy atom. The fraction of sp³-hybridized carbons (Fsp3) is 0.250. The Hall–Kier alpha value is -1.87. The van der Waals surface area contributed by atoms with Crippen molar-refractivity contribution in [2.75, 3.05) is 18.9 Å². The van der Waals surface area contributed by atoms with Gasteiger partial charge in [0.15, 0.2) is 0 Å². The molecule has 2 aromatic carbocycles. The van der Waals surface area contributed by atoms with Gasteiger partial charge in [-0.1, -0.05) is 29.8 Å². The molecule has 20 heavy (non-hydrogen) atoms. The van der Waals surface area contributed by atoms with E-state index in [0.29, 0.717) is 29.7 Å². The molecule has 0 amide bonds. The molecule has 2 aromatic rings. The van der Waals surface area contributed by atoms with E-state index in [1.807, 2.05) is 32.0 Å². The molecule has 0 aliphatic heterocycles. The summed E-state index contributed by atoms with van der Waals surface area (Å²) in [6.07, 6.45) is 0. The molecule has 0 saturated heterocycles. The fourth-order valence-corrected chi connectivity index (χ4v) is 2.15. The van der Waals surface area contributed by atoms with Gasteiger partial charge in [-0.3, -0.25) is 0 Å². The minimum atomic E-state index is 0.430. The van der Waals surface area contributed by atoms with Crippen LogP contribution in [0.3, 0.4) is 0 Å². The minimum Gasteiger partial charge on any atom is -0.489 e. The van der Waals surface area contributed by atoms with Crippen molar-refractivity contribution in [3.05, 3.63) is 52.5 Å². The lowest BCUT2D eigenvalue weighted by atomic mass is 10.1. The number of nitrogens with two attached hydrogens (primary N) is 1. The Kier molecular flexibility index (Phi) is 4.74. The smallest absolute Gasteiger partial charge is 0.142 e. The summed E-state index contributed by atoms with van der Waals surface area (Å²) in [7, 11) is 0. The van der Waals surface area contributed by atoms with E-state index in [0.717, 1.165) is 16.9 Å². The number of aryl methyl sites for hydroxylation is 2. The second kappa shape index (κ2) is 6.53. The maximum atomic E-state index is 5.83. The molecule has 2 N–H and O–H groups in total. The van der Waals surface area contributed by atoms with Crippen LogP contribution in [0.1, 0.15) is 11.1 Å². The van der Waals surface area contributed by atoms with E-state index in [2.05, 4.69) is 0 Å². The highest BCUT2D eigenvalue weighted by molar-refractivity contribution is 6.30. The summed E-state index contributed by atoms with van der Waals surface area (Å²) in [4.78, 5) is 0. The number of hydrogen-bond acceptors (Lipinski definition) is 3. The maximum Gasteiger partial charge on any atom is 0.142 e. The predicted molar refractivity (Wildman–Crippen MR) is 82.8 cm³/mol. The lowest BCUT2D eigenvalue weighted by molar-refractivity contribution is 0.216. The van der Waals surface area contributed by atoms with E-state index in [1.54, 1.807) is 18.2 Å². The first-order valence-corrected chi connectivity index (χ1v) is 6.82. The molecule has 0 aromatic heterocycles. The van der Waals surface area contributed by atoms with Crippen LogP contribution in [0, 0.1) is 13.8 Å². The number of hydrogen-bond donors (Lipinski definition) is 1. The molecule has 2 rings (SSSR count). The van der Waals surface area contributed by atoms with Crippen LogP contribution in [0.4, 0.5) is 5.69 Å². The molecule has 0 atom stereocenters. The van der Waals surface area contributed by atoms with Crippen LogP contribution in [-0.4, -0.2) is 13.2 Å². The molecule has 0 bridgehead atoms. The zero-order chi connectivity index (χ0) is 14.5. The molecule has 0 saturated carbocycles. The summed E-state index contributed by atoms with van der Waals surface area (Å²) in [5, 5.41) is 0.599. The molecular weight excluding hydrogens is 274 g/mol. The summed E-state index contributed by atoms with van der Waals surface area (Å²) in [5.74, 6) is 1.54. The Labute approximate surface area is 124 Å². The molecule has 0 aliphatic rings. The average Bonchev–Trinajstić information content (AvgIpc) is 2.39. The molecule has 0 aliphatic carbocycles. The third-order valence-corrected chi connectivity index (χ3v) is 3.20. The monoisotopic (exact) mass is 291 g/mol. The zero-order valence-electron chi connectivity index (χ0n) is 11.7. The highest BCUT2D eigenvalue weighted by Crippen LogP contribution is 2.25. The average molecular weight is 292 g/mol. The van der Waals surface area contributed by atoms with Gasteiger partial charge in [-0.25, -0.2) is 0 Å². The van der Waals surface area contributed by atoms with Crippen molar-refractivity contribution in [3.63, 3.8) is 0 Å². The number of benzene rings is 2. The first-order valence-electron chi connectivity index (χ1n) is 6.45. The number of rotatable bonds is 5. The largest absolute Gasteiger partial charge is 0.489 e. The minimum absolute atomic E-state index is 0.430. The van der Waals surface area contributed by atoms with E-state index < -0.39 is 0 Å². The first kappa shape index (κ1) is 14.5. The van der Waals surface area contributed by atoms with Crippen LogP contribution >= 0.6 is 11.6 Å². The van der Waals surface area contributed by atoms with Crippen molar-refractivity contribution in [2.24, 2.45) is 0 Å². The van der Waals surface area contributed by atoms with Gasteiger partial charge >= 0.3 is 0 Å². The number of ether oxygens (including phenoxy) is 2. The molecule has 106 valence electrons. The van der Waals surface area contributed by atoms with Crippen molar-refractivity contribution in [1.29, 1.82) is 0 Å². The lowest BCUT2D eigenvalue weighted by Crippen LogP contribution is -2.11. The Bertz CT molecular complexity index is 579. The number of nitrogen functional groups attached to an aromatic ring is 1. The molecule has 4 heteroatoms. The predicted octanol–water partition coefficient (Wildman–Crippen LogP) is 4.00. The highest BCUT2D eigenvalue weighted by Gasteiger charge is 2.04. The summed E-state index contributed by atoms with van der Waals surface area (Å²) < 4.78 is 11.3. The molecule has 0 heterocycles. The first-order chi connectivity index (χ1) is 9.58. The van der Waals surface area contributed by atoms with Crippen LogP contribution in [0.5, 0.6) is 11.5 Å². The van der Waals surface area contributed by atoms with Gasteiger partial charge in [0, 0.05) is 5.02 Å². The van der Waals surface area contributed by atoms with Gasteiger partial charge < -0.3 is 15.2 Å². The van der Waals surface area contributed by atoms with E-state index in [4.69, 9.17) is 26.8 Å². The van der Waals surface area contributed by atoms with E-state index >= 15 is 0 Å². The summed E-state index contributed by atoms with van der Waals surface area (Å²) in [6, 6.07) is 11.3. The lowest BCUT2D eigenvalue weighted by Gasteiger charge is -2.13. The second-order valence-corrected chi connectivity index (χ2v) is 5.04. The Balaban J connectivity index is 1.88. The van der Waals surface area contributed by atoms with Crippen LogP contribution in [-0.2, 0) is 0 Å². The molecule has 0 radical (unpaired) electrons. The normalized spacial score (nSPS) is 10.3. The summed E-state index contributed by atoms with van der Waals surface area (Å²) >= 11 is 5.83. The van der Waals surface area contributed by atoms with E-state index in [9.17, 15) is 0 Å². The van der Waals surface area contributed by atoms with Crippen molar-refractivity contribution >= 4 is 17.3 Å². The van der Waals surface area contributed by atoms with Gasteiger partial charge in [0.05, 0.1) is 5.69 Å². The van der Waals surface area contributed by atoms with Crippen molar-refractivity contribution in [3.8, 4) is 11.5 Å². The second-order valence-electron chi connectivity index (χ2n) is 4.60. The summed E-state index contributed by atoms with van der Waals surface area (Å²) in [6.45, 7) is 4.95. The molecule has 0 fully saturated rings. The van der Waals surface area contributed by atoms with E-state index in [1.165, 1.54) is 0 Å². The molecular formula is C16H18ClNO2. The number of halogens is 1.